The SMILES string of the molecule is N#CC(CC1CCCC1=O)NC(=O)C(CC1CC1)n1cccc(NCC(F)(F)F)c1=O. The van der Waals surface area contributed by atoms with Gasteiger partial charge in [-0.05, 0) is 43.7 Å². The summed E-state index contributed by atoms with van der Waals surface area (Å²) in [5, 5.41) is 14.2. The minimum absolute atomic E-state index is 0.0867. The fourth-order valence-corrected chi connectivity index (χ4v) is 3.94. The molecule has 0 aliphatic heterocycles. The number of pyridine rings is 1. The molecule has 10 heteroatoms. The lowest BCUT2D eigenvalue weighted by Gasteiger charge is -2.23. The number of rotatable bonds is 9. The summed E-state index contributed by atoms with van der Waals surface area (Å²) in [5.74, 6) is -0.474. The molecule has 3 unspecified atom stereocenters. The monoisotopic (exact) mass is 438 g/mol. The smallest absolute Gasteiger partial charge is 0.372 e. The predicted molar refractivity (Wildman–Crippen MR) is 106 cm³/mol. The summed E-state index contributed by atoms with van der Waals surface area (Å²) in [4.78, 5) is 37.6. The molecule has 1 heterocycles. The van der Waals surface area contributed by atoms with Crippen molar-refractivity contribution in [2.75, 3.05) is 11.9 Å². The molecule has 1 aromatic rings. The molecule has 0 saturated heterocycles. The Kier molecular flexibility index (Phi) is 7.03. The van der Waals surface area contributed by atoms with Crippen LogP contribution in [0.3, 0.4) is 0 Å². The Balaban J connectivity index is 1.76. The van der Waals surface area contributed by atoms with Crippen molar-refractivity contribution in [1.29, 1.82) is 5.26 Å². The highest BCUT2D eigenvalue weighted by molar-refractivity contribution is 5.83. The zero-order chi connectivity index (χ0) is 22.6. The first-order chi connectivity index (χ1) is 14.7. The Morgan fingerprint density at radius 2 is 2.00 bits per heavy atom. The lowest BCUT2D eigenvalue weighted by atomic mass is 9.97. The Morgan fingerprint density at radius 3 is 2.58 bits per heavy atom. The van der Waals surface area contributed by atoms with Gasteiger partial charge in [-0.3, -0.25) is 14.4 Å². The third-order valence-corrected chi connectivity index (χ3v) is 5.77. The second-order valence-electron chi connectivity index (χ2n) is 8.28. The molecule has 2 aliphatic rings. The quantitative estimate of drug-likeness (QED) is 0.617. The van der Waals surface area contributed by atoms with Crippen LogP contribution in [-0.4, -0.2) is 35.0 Å². The molecule has 3 rings (SSSR count). The van der Waals surface area contributed by atoms with E-state index in [9.17, 15) is 32.8 Å². The summed E-state index contributed by atoms with van der Waals surface area (Å²) in [6.07, 6.45) is 1.21. The Hall–Kier alpha value is -2.83. The van der Waals surface area contributed by atoms with Gasteiger partial charge in [-0.15, -0.1) is 0 Å². The van der Waals surface area contributed by atoms with Crippen molar-refractivity contribution in [2.24, 2.45) is 11.8 Å². The number of nitrogens with zero attached hydrogens (tertiary/aromatic N) is 2. The lowest BCUT2D eigenvalue weighted by Crippen LogP contribution is -2.43. The van der Waals surface area contributed by atoms with Gasteiger partial charge in [-0.25, -0.2) is 0 Å². The van der Waals surface area contributed by atoms with E-state index in [0.717, 1.165) is 23.8 Å². The van der Waals surface area contributed by atoms with Gasteiger partial charge in [0.15, 0.2) is 0 Å². The van der Waals surface area contributed by atoms with Crippen LogP contribution in [0.4, 0.5) is 18.9 Å². The number of hydrogen-bond donors (Lipinski definition) is 2. The van der Waals surface area contributed by atoms with E-state index in [2.05, 4.69) is 10.6 Å². The van der Waals surface area contributed by atoms with Gasteiger partial charge in [0.25, 0.3) is 5.56 Å². The molecular weight excluding hydrogens is 413 g/mol. The predicted octanol–water partition coefficient (Wildman–Crippen LogP) is 2.93. The second-order valence-corrected chi connectivity index (χ2v) is 8.28. The first-order valence-electron chi connectivity index (χ1n) is 10.4. The zero-order valence-electron chi connectivity index (χ0n) is 17.0. The maximum Gasteiger partial charge on any atom is 0.405 e. The number of nitrogens with one attached hydrogen (secondary N) is 2. The normalized spacial score (nSPS) is 20.7. The van der Waals surface area contributed by atoms with Crippen LogP contribution in [0.1, 0.15) is 51.0 Å². The highest BCUT2D eigenvalue weighted by Gasteiger charge is 2.34. The molecule has 31 heavy (non-hydrogen) atoms. The van der Waals surface area contributed by atoms with E-state index < -0.39 is 36.3 Å². The van der Waals surface area contributed by atoms with Crippen molar-refractivity contribution >= 4 is 17.4 Å². The third-order valence-electron chi connectivity index (χ3n) is 5.77. The molecule has 2 N–H and O–H groups in total. The van der Waals surface area contributed by atoms with Gasteiger partial charge in [0.05, 0.1) is 6.07 Å². The van der Waals surface area contributed by atoms with Crippen LogP contribution in [0.15, 0.2) is 23.1 Å². The number of aromatic nitrogens is 1. The maximum absolute atomic E-state index is 13.0. The van der Waals surface area contributed by atoms with Crippen LogP contribution in [0.5, 0.6) is 0 Å². The molecule has 1 aromatic heterocycles. The summed E-state index contributed by atoms with van der Waals surface area (Å²) in [7, 11) is 0. The number of alkyl halides is 3. The molecule has 0 aromatic carbocycles. The van der Waals surface area contributed by atoms with E-state index in [1.807, 2.05) is 6.07 Å². The van der Waals surface area contributed by atoms with Gasteiger partial charge in [0.2, 0.25) is 5.91 Å². The van der Waals surface area contributed by atoms with Crippen LogP contribution in [0.25, 0.3) is 0 Å². The molecule has 3 atom stereocenters. The molecule has 168 valence electrons. The lowest BCUT2D eigenvalue weighted by molar-refractivity contribution is -0.126. The number of nitriles is 1. The summed E-state index contributed by atoms with van der Waals surface area (Å²) in [6.45, 7) is -1.36. The number of hydrogen-bond acceptors (Lipinski definition) is 5. The molecule has 0 radical (unpaired) electrons. The zero-order valence-corrected chi connectivity index (χ0v) is 17.0. The van der Waals surface area contributed by atoms with Gasteiger partial charge in [0, 0.05) is 18.5 Å². The highest BCUT2D eigenvalue weighted by Crippen LogP contribution is 2.37. The van der Waals surface area contributed by atoms with Gasteiger partial charge >= 0.3 is 6.18 Å². The van der Waals surface area contributed by atoms with Crippen LogP contribution < -0.4 is 16.2 Å². The molecule has 2 aliphatic carbocycles. The number of Topliss-reactive ketones (excluding diaryl/α,β-unsaturated/α-hetero) is 1. The summed E-state index contributed by atoms with van der Waals surface area (Å²) >= 11 is 0. The van der Waals surface area contributed by atoms with Crippen molar-refractivity contribution in [3.63, 3.8) is 0 Å². The van der Waals surface area contributed by atoms with Crippen molar-refractivity contribution in [1.82, 2.24) is 9.88 Å². The highest BCUT2D eigenvalue weighted by atomic mass is 19.4. The molecule has 7 nitrogen and oxygen atoms in total. The van der Waals surface area contributed by atoms with Crippen LogP contribution in [0, 0.1) is 23.2 Å². The Morgan fingerprint density at radius 1 is 1.26 bits per heavy atom. The first kappa shape index (κ1) is 22.8. The summed E-state index contributed by atoms with van der Waals surface area (Å²) in [6, 6.07) is 2.84. The number of amides is 1. The van der Waals surface area contributed by atoms with Gasteiger partial charge in [-0.1, -0.05) is 12.8 Å². The van der Waals surface area contributed by atoms with E-state index in [-0.39, 0.29) is 29.7 Å². The number of carbonyl (C=O) groups excluding carboxylic acids is 2. The largest absolute Gasteiger partial charge is 0.405 e. The minimum Gasteiger partial charge on any atom is -0.372 e. The van der Waals surface area contributed by atoms with Crippen LogP contribution in [0.2, 0.25) is 0 Å². The second kappa shape index (κ2) is 9.54. The fourth-order valence-electron chi connectivity index (χ4n) is 3.94. The summed E-state index contributed by atoms with van der Waals surface area (Å²) in [5.41, 5.74) is -0.978. The summed E-state index contributed by atoms with van der Waals surface area (Å²) < 4.78 is 38.7. The average Bonchev–Trinajstić information content (AvgIpc) is 3.45. The van der Waals surface area contributed by atoms with Gasteiger partial charge in [-0.2, -0.15) is 18.4 Å². The fraction of sp³-hybridized carbons (Fsp3) is 0.619. The number of anilines is 1. The molecule has 0 bridgehead atoms. The van der Waals surface area contributed by atoms with Crippen molar-refractivity contribution in [3.8, 4) is 6.07 Å². The van der Waals surface area contributed by atoms with Crippen molar-refractivity contribution in [2.45, 2.75) is 63.2 Å². The third kappa shape index (κ3) is 6.32. The molecule has 2 saturated carbocycles. The number of halogens is 3. The standard InChI is InChI=1S/C21H25F3N4O3/c22-21(23,24)12-26-16-4-2-8-28(20(16)31)17(9-13-6-7-13)19(30)27-15(11-25)10-14-3-1-5-18(14)29/h2,4,8,13-15,17,26H,1,3,5-7,9-10,12H2,(H,27,30). The van der Waals surface area contributed by atoms with E-state index in [1.165, 1.54) is 18.3 Å². The Bertz CT molecular complexity index is 918. The number of ketones is 1. The van der Waals surface area contributed by atoms with E-state index in [0.29, 0.717) is 19.3 Å². The Labute approximate surface area is 177 Å². The maximum atomic E-state index is 13.0. The van der Waals surface area contributed by atoms with E-state index >= 15 is 0 Å². The molecular formula is C21H25F3N4O3. The van der Waals surface area contributed by atoms with Gasteiger partial charge in [0.1, 0.15) is 30.1 Å². The molecule has 2 fully saturated rings. The van der Waals surface area contributed by atoms with E-state index in [4.69, 9.17) is 0 Å². The molecule has 0 spiro atoms. The number of carbonyl (C=O) groups is 2. The van der Waals surface area contributed by atoms with Crippen molar-refractivity contribution in [3.05, 3.63) is 28.7 Å². The van der Waals surface area contributed by atoms with Crippen molar-refractivity contribution < 1.29 is 22.8 Å². The van der Waals surface area contributed by atoms with E-state index in [1.54, 1.807) is 0 Å². The average molecular weight is 438 g/mol. The topological polar surface area (TPSA) is 104 Å². The van der Waals surface area contributed by atoms with Crippen LogP contribution >= 0.6 is 0 Å². The molecule has 1 amide bonds. The van der Waals surface area contributed by atoms with Gasteiger partial charge < -0.3 is 15.2 Å². The van der Waals surface area contributed by atoms with Crippen LogP contribution in [-0.2, 0) is 9.59 Å². The minimum atomic E-state index is -4.49. The first-order valence-corrected chi connectivity index (χ1v) is 10.4.